The Morgan fingerprint density at radius 2 is 1.88 bits per heavy atom. The summed E-state index contributed by atoms with van der Waals surface area (Å²) in [6, 6.07) is 21.9. The summed E-state index contributed by atoms with van der Waals surface area (Å²) in [6.45, 7) is 0.513. The number of carbonyl (C=O) groups is 1. The van der Waals surface area contributed by atoms with Crippen LogP contribution < -0.4 is 10.1 Å². The van der Waals surface area contributed by atoms with Crippen LogP contribution in [0.5, 0.6) is 5.75 Å². The third kappa shape index (κ3) is 3.74. The highest BCUT2D eigenvalue weighted by molar-refractivity contribution is 7.10. The zero-order valence-electron chi connectivity index (χ0n) is 17.8. The molecule has 0 bridgehead atoms. The van der Waals surface area contributed by atoms with Gasteiger partial charge < -0.3 is 10.1 Å². The minimum atomic E-state index is -0.293. The van der Waals surface area contributed by atoms with Crippen molar-refractivity contribution in [3.8, 4) is 5.75 Å². The van der Waals surface area contributed by atoms with E-state index in [0.717, 1.165) is 34.6 Å². The van der Waals surface area contributed by atoms with E-state index in [1.807, 2.05) is 65.3 Å². The van der Waals surface area contributed by atoms with Crippen LogP contribution in [0.2, 0.25) is 0 Å². The molecule has 0 saturated heterocycles. The first-order valence-corrected chi connectivity index (χ1v) is 11.9. The zero-order chi connectivity index (χ0) is 22.2. The second-order valence-corrected chi connectivity index (χ2v) is 9.31. The number of ketones is 1. The molecule has 1 aliphatic carbocycles. The minimum absolute atomic E-state index is 0.165. The van der Waals surface area contributed by atoms with Gasteiger partial charge in [-0.3, -0.25) is 4.79 Å². The van der Waals surface area contributed by atoms with Gasteiger partial charge in [0.05, 0.1) is 0 Å². The molecule has 2 aromatic carbocycles. The van der Waals surface area contributed by atoms with Crippen LogP contribution in [0.25, 0.3) is 0 Å². The number of allylic oxidation sites excluding steroid dienone is 2. The molecule has 3 heterocycles. The Kier molecular flexibility index (Phi) is 5.03. The largest absolute Gasteiger partial charge is 0.489 e. The molecule has 2 aliphatic rings. The second-order valence-electron chi connectivity index (χ2n) is 8.34. The summed E-state index contributed by atoms with van der Waals surface area (Å²) in [5.74, 6) is 1.82. The molecule has 6 nitrogen and oxygen atoms in total. The molecular weight excluding hydrogens is 432 g/mol. The highest BCUT2D eigenvalue weighted by Gasteiger charge is 2.39. The molecule has 1 aliphatic heterocycles. The molecule has 2 aromatic heterocycles. The number of ether oxygens (including phenoxy) is 1. The number of rotatable bonds is 5. The van der Waals surface area contributed by atoms with E-state index < -0.39 is 0 Å². The van der Waals surface area contributed by atoms with E-state index in [-0.39, 0.29) is 17.7 Å². The summed E-state index contributed by atoms with van der Waals surface area (Å²) in [4.78, 5) is 19.0. The van der Waals surface area contributed by atoms with E-state index in [0.29, 0.717) is 19.0 Å². The molecule has 164 valence electrons. The van der Waals surface area contributed by atoms with Gasteiger partial charge in [0.15, 0.2) is 5.78 Å². The lowest BCUT2D eigenvalue weighted by Crippen LogP contribution is -2.33. The van der Waals surface area contributed by atoms with Crippen LogP contribution >= 0.6 is 11.3 Å². The summed E-state index contributed by atoms with van der Waals surface area (Å²) < 4.78 is 7.75. The lowest BCUT2D eigenvalue weighted by Gasteiger charge is -2.34. The van der Waals surface area contributed by atoms with Crippen molar-refractivity contribution < 1.29 is 9.53 Å². The fourth-order valence-corrected chi connectivity index (χ4v) is 5.50. The van der Waals surface area contributed by atoms with Crippen LogP contribution in [-0.4, -0.2) is 20.5 Å². The fourth-order valence-electron chi connectivity index (χ4n) is 4.67. The van der Waals surface area contributed by atoms with Crippen molar-refractivity contribution in [3.63, 3.8) is 0 Å². The molecule has 33 heavy (non-hydrogen) atoms. The van der Waals surface area contributed by atoms with Crippen molar-refractivity contribution in [1.29, 1.82) is 0 Å². The predicted octanol–water partition coefficient (Wildman–Crippen LogP) is 5.33. The van der Waals surface area contributed by atoms with Gasteiger partial charge in [-0.2, -0.15) is 10.1 Å². The van der Waals surface area contributed by atoms with Gasteiger partial charge in [0, 0.05) is 28.5 Å². The summed E-state index contributed by atoms with van der Waals surface area (Å²) >= 11 is 1.71. The van der Waals surface area contributed by atoms with Crippen molar-refractivity contribution in [2.45, 2.75) is 31.4 Å². The third-order valence-electron chi connectivity index (χ3n) is 6.25. The molecule has 0 saturated carbocycles. The smallest absolute Gasteiger partial charge is 0.226 e. The van der Waals surface area contributed by atoms with Gasteiger partial charge in [-0.05, 0) is 41.1 Å². The zero-order valence-corrected chi connectivity index (χ0v) is 18.7. The number of fused-ring (bicyclic) bond motifs is 1. The van der Waals surface area contributed by atoms with E-state index in [2.05, 4.69) is 26.8 Å². The van der Waals surface area contributed by atoms with Crippen LogP contribution in [0, 0.1) is 0 Å². The number of Topliss-reactive ketones (excluding diaryl/α,β-unsaturated/α-hetero) is 1. The Hall–Kier alpha value is -3.71. The number of thiophene rings is 1. The SMILES string of the molecule is O=C1C[C@H](c2cccs2)CC2=C1[C@H](c1ccc(OCc3ccccc3)cc1)n1ncnc1N2. The standard InChI is InChI=1S/C26H22N4O2S/c31-22-14-19(23-7-4-12-33-23)13-21-24(22)25(30-26(29-21)27-16-28-30)18-8-10-20(11-9-18)32-15-17-5-2-1-3-6-17/h1-12,16,19,25H,13-15H2,(H,27,28,29)/t19-,25+/m1/s1. The van der Waals surface area contributed by atoms with E-state index in [1.165, 1.54) is 11.2 Å². The van der Waals surface area contributed by atoms with Gasteiger partial charge in [-0.1, -0.05) is 48.5 Å². The van der Waals surface area contributed by atoms with Gasteiger partial charge >= 0.3 is 0 Å². The molecule has 0 amide bonds. The Morgan fingerprint density at radius 1 is 1.03 bits per heavy atom. The van der Waals surface area contributed by atoms with Gasteiger partial charge in [0.1, 0.15) is 24.7 Å². The average molecular weight is 455 g/mol. The molecule has 2 atom stereocenters. The number of anilines is 1. The number of aromatic nitrogens is 3. The van der Waals surface area contributed by atoms with E-state index in [4.69, 9.17) is 4.74 Å². The average Bonchev–Trinajstić information content (AvgIpc) is 3.55. The number of nitrogens with zero attached hydrogens (tertiary/aromatic N) is 3. The Balaban J connectivity index is 1.30. The predicted molar refractivity (Wildman–Crippen MR) is 127 cm³/mol. The van der Waals surface area contributed by atoms with Crippen molar-refractivity contribution in [2.24, 2.45) is 0 Å². The van der Waals surface area contributed by atoms with Crippen LogP contribution in [0.4, 0.5) is 5.95 Å². The Labute approximate surface area is 195 Å². The minimum Gasteiger partial charge on any atom is -0.489 e. The highest BCUT2D eigenvalue weighted by Crippen LogP contribution is 2.44. The number of nitrogens with one attached hydrogen (secondary N) is 1. The number of hydrogen-bond donors (Lipinski definition) is 1. The highest BCUT2D eigenvalue weighted by atomic mass is 32.1. The molecule has 0 radical (unpaired) electrons. The van der Waals surface area contributed by atoms with Crippen LogP contribution in [0.3, 0.4) is 0 Å². The molecule has 0 spiro atoms. The fraction of sp³-hybridized carbons (Fsp3) is 0.192. The second kappa shape index (κ2) is 8.33. The van der Waals surface area contributed by atoms with Crippen molar-refractivity contribution in [2.75, 3.05) is 5.32 Å². The van der Waals surface area contributed by atoms with Gasteiger partial charge in [-0.25, -0.2) is 4.68 Å². The Morgan fingerprint density at radius 3 is 2.67 bits per heavy atom. The third-order valence-corrected chi connectivity index (χ3v) is 7.29. The Bertz CT molecular complexity index is 1310. The summed E-state index contributed by atoms with van der Waals surface area (Å²) in [7, 11) is 0. The first-order valence-electron chi connectivity index (χ1n) is 11.0. The normalized spacial score (nSPS) is 19.6. The van der Waals surface area contributed by atoms with Gasteiger partial charge in [0.25, 0.3) is 0 Å². The molecule has 7 heteroatoms. The number of benzene rings is 2. The monoisotopic (exact) mass is 454 g/mol. The summed E-state index contributed by atoms with van der Waals surface area (Å²) in [5.41, 5.74) is 3.86. The number of carbonyl (C=O) groups excluding carboxylic acids is 1. The first-order chi connectivity index (χ1) is 16.3. The molecule has 1 N–H and O–H groups in total. The van der Waals surface area contributed by atoms with Crippen molar-refractivity contribution >= 4 is 23.1 Å². The van der Waals surface area contributed by atoms with E-state index in [9.17, 15) is 4.79 Å². The molecule has 4 aromatic rings. The van der Waals surface area contributed by atoms with Gasteiger partial charge in [-0.15, -0.1) is 11.3 Å². The lowest BCUT2D eigenvalue weighted by molar-refractivity contribution is -0.116. The van der Waals surface area contributed by atoms with Crippen LogP contribution in [-0.2, 0) is 11.4 Å². The lowest BCUT2D eigenvalue weighted by atomic mass is 9.80. The maximum Gasteiger partial charge on any atom is 0.226 e. The molecular formula is C26H22N4O2S. The van der Waals surface area contributed by atoms with Crippen molar-refractivity contribution in [3.05, 3.63) is 106 Å². The molecule has 0 fully saturated rings. The molecule has 6 rings (SSSR count). The quantitative estimate of drug-likeness (QED) is 0.441. The summed E-state index contributed by atoms with van der Waals surface area (Å²) in [5, 5.41) is 9.88. The van der Waals surface area contributed by atoms with Crippen molar-refractivity contribution in [1.82, 2.24) is 14.8 Å². The maximum absolute atomic E-state index is 13.4. The van der Waals surface area contributed by atoms with E-state index >= 15 is 0 Å². The summed E-state index contributed by atoms with van der Waals surface area (Å²) in [6.07, 6.45) is 2.84. The number of hydrogen-bond acceptors (Lipinski definition) is 6. The van der Waals surface area contributed by atoms with Crippen LogP contribution in [0.1, 0.15) is 40.8 Å². The molecule has 0 unspecified atom stereocenters. The van der Waals surface area contributed by atoms with E-state index in [1.54, 1.807) is 11.3 Å². The van der Waals surface area contributed by atoms with Crippen LogP contribution in [0.15, 0.2) is 89.7 Å². The maximum atomic E-state index is 13.4. The first kappa shape index (κ1) is 19.9. The van der Waals surface area contributed by atoms with Gasteiger partial charge in [0.2, 0.25) is 5.95 Å². The topological polar surface area (TPSA) is 69.0 Å².